The average Bonchev–Trinajstić information content (AvgIpc) is 2.98. The molecule has 1 unspecified atom stereocenters. The van der Waals surface area contributed by atoms with Gasteiger partial charge in [-0.3, -0.25) is 14.5 Å². The van der Waals surface area contributed by atoms with Gasteiger partial charge in [0.25, 0.3) is 11.1 Å². The average molecular weight is 453 g/mol. The number of rotatable bonds is 4. The van der Waals surface area contributed by atoms with Crippen molar-refractivity contribution in [1.29, 1.82) is 0 Å². The van der Waals surface area contributed by atoms with Crippen molar-refractivity contribution in [3.05, 3.63) is 69.4 Å². The zero-order chi connectivity index (χ0) is 23.2. The molecule has 32 heavy (non-hydrogen) atoms. The van der Waals surface area contributed by atoms with Crippen molar-refractivity contribution in [3.63, 3.8) is 0 Å². The van der Waals surface area contributed by atoms with Gasteiger partial charge in [0.05, 0.1) is 11.4 Å². The number of thioether (sulfide) groups is 1. The number of fused-ring (bicyclic) bond motifs is 1. The molecule has 2 aromatic rings. The van der Waals surface area contributed by atoms with Crippen molar-refractivity contribution < 1.29 is 14.0 Å². The van der Waals surface area contributed by atoms with Gasteiger partial charge in [0.15, 0.2) is 0 Å². The molecule has 6 heteroatoms. The number of nitrogens with zero attached hydrogens (tertiary/aromatic N) is 2. The first-order valence-electron chi connectivity index (χ1n) is 11.0. The minimum absolute atomic E-state index is 0.0954. The molecule has 4 nitrogen and oxygen atoms in total. The fourth-order valence-electron chi connectivity index (χ4n) is 4.95. The van der Waals surface area contributed by atoms with Gasteiger partial charge < -0.3 is 4.90 Å². The zero-order valence-electron chi connectivity index (χ0n) is 19.2. The minimum Gasteiger partial charge on any atom is -0.366 e. The predicted molar refractivity (Wildman–Crippen MR) is 129 cm³/mol. The molecule has 1 saturated heterocycles. The van der Waals surface area contributed by atoms with E-state index in [9.17, 15) is 14.0 Å². The van der Waals surface area contributed by atoms with E-state index < -0.39 is 0 Å². The fraction of sp³-hybridized carbons (Fsp3) is 0.385. The molecule has 2 aliphatic rings. The number of carbonyl (C=O) groups excluding carboxylic acids is 2. The molecule has 1 atom stereocenters. The number of hydrogen-bond donors (Lipinski definition) is 0. The molecule has 0 N–H and O–H groups in total. The van der Waals surface area contributed by atoms with Gasteiger partial charge in [0, 0.05) is 17.8 Å². The van der Waals surface area contributed by atoms with Crippen molar-refractivity contribution in [2.24, 2.45) is 0 Å². The van der Waals surface area contributed by atoms with Crippen molar-refractivity contribution >= 4 is 34.7 Å². The summed E-state index contributed by atoms with van der Waals surface area (Å²) < 4.78 is 13.2. The molecule has 1 fully saturated rings. The standard InChI is InChI=1S/C26H29FN2O2S/c1-6-29-22-11-16(2)19(12-21(22)17(3)14-26(29,4)5)13-23-24(30)28(25(31)32-23)15-18-7-9-20(27)10-8-18/h7-13,17H,6,14-15H2,1-5H3/b23-13+. The first kappa shape index (κ1) is 22.6. The van der Waals surface area contributed by atoms with Crippen LogP contribution in [0.25, 0.3) is 6.08 Å². The van der Waals surface area contributed by atoms with Crippen LogP contribution in [0.2, 0.25) is 0 Å². The summed E-state index contributed by atoms with van der Waals surface area (Å²) in [5.41, 5.74) is 5.41. The molecule has 168 valence electrons. The Labute approximate surface area is 193 Å². The first-order chi connectivity index (χ1) is 15.1. The van der Waals surface area contributed by atoms with Crippen LogP contribution in [-0.2, 0) is 11.3 Å². The Balaban J connectivity index is 1.64. The topological polar surface area (TPSA) is 40.6 Å². The maximum Gasteiger partial charge on any atom is 0.293 e. The van der Waals surface area contributed by atoms with Crippen LogP contribution in [0, 0.1) is 12.7 Å². The van der Waals surface area contributed by atoms with Gasteiger partial charge in [-0.15, -0.1) is 0 Å². The summed E-state index contributed by atoms with van der Waals surface area (Å²) in [5.74, 6) is -0.236. The van der Waals surface area contributed by atoms with E-state index in [0.717, 1.165) is 41.4 Å². The molecule has 2 heterocycles. The molecule has 0 radical (unpaired) electrons. The highest BCUT2D eigenvalue weighted by Crippen LogP contribution is 2.45. The van der Waals surface area contributed by atoms with Crippen LogP contribution >= 0.6 is 11.8 Å². The first-order valence-corrected chi connectivity index (χ1v) is 11.8. The maximum atomic E-state index is 13.2. The van der Waals surface area contributed by atoms with Crippen LogP contribution in [0.15, 0.2) is 41.3 Å². The molecule has 0 saturated carbocycles. The number of halogens is 1. The molecule has 0 bridgehead atoms. The number of benzene rings is 2. The van der Waals surface area contributed by atoms with Gasteiger partial charge >= 0.3 is 0 Å². The van der Waals surface area contributed by atoms with Crippen LogP contribution in [-0.4, -0.2) is 28.1 Å². The van der Waals surface area contributed by atoms with Gasteiger partial charge in [-0.2, -0.15) is 0 Å². The van der Waals surface area contributed by atoms with E-state index in [0.29, 0.717) is 10.8 Å². The van der Waals surface area contributed by atoms with E-state index in [4.69, 9.17) is 0 Å². The molecule has 4 rings (SSSR count). The van der Waals surface area contributed by atoms with Gasteiger partial charge in [-0.05, 0) is 104 Å². The van der Waals surface area contributed by atoms with Crippen LogP contribution in [0.4, 0.5) is 14.9 Å². The molecular weight excluding hydrogens is 423 g/mol. The quantitative estimate of drug-likeness (QED) is 0.498. The lowest BCUT2D eigenvalue weighted by atomic mass is 9.79. The largest absolute Gasteiger partial charge is 0.366 e. The molecule has 2 aliphatic heterocycles. The Morgan fingerprint density at radius 2 is 1.88 bits per heavy atom. The highest BCUT2D eigenvalue weighted by Gasteiger charge is 2.37. The van der Waals surface area contributed by atoms with Crippen LogP contribution in [0.1, 0.15) is 62.3 Å². The van der Waals surface area contributed by atoms with E-state index >= 15 is 0 Å². The van der Waals surface area contributed by atoms with Crippen LogP contribution in [0.3, 0.4) is 0 Å². The second kappa shape index (κ2) is 8.39. The highest BCUT2D eigenvalue weighted by molar-refractivity contribution is 8.18. The monoisotopic (exact) mass is 452 g/mol. The number of imide groups is 1. The van der Waals surface area contributed by atoms with Crippen LogP contribution < -0.4 is 4.90 Å². The second-order valence-corrected chi connectivity index (χ2v) is 10.3. The third-order valence-corrected chi connectivity index (χ3v) is 7.41. The lowest BCUT2D eigenvalue weighted by Gasteiger charge is -2.47. The number of amides is 2. The van der Waals surface area contributed by atoms with Crippen LogP contribution in [0.5, 0.6) is 0 Å². The number of hydrogen-bond acceptors (Lipinski definition) is 4. The van der Waals surface area contributed by atoms with E-state index in [1.54, 1.807) is 12.1 Å². The van der Waals surface area contributed by atoms with Crippen molar-refractivity contribution in [1.82, 2.24) is 4.90 Å². The summed E-state index contributed by atoms with van der Waals surface area (Å²) in [7, 11) is 0. The highest BCUT2D eigenvalue weighted by atomic mass is 32.2. The number of aryl methyl sites for hydroxylation is 1. The van der Waals surface area contributed by atoms with Crippen molar-refractivity contribution in [3.8, 4) is 0 Å². The summed E-state index contributed by atoms with van der Waals surface area (Å²) in [6.45, 7) is 12.1. The molecule has 2 aromatic carbocycles. The molecule has 0 spiro atoms. The Morgan fingerprint density at radius 3 is 2.53 bits per heavy atom. The van der Waals surface area contributed by atoms with Crippen molar-refractivity contribution in [2.75, 3.05) is 11.4 Å². The smallest absolute Gasteiger partial charge is 0.293 e. The Morgan fingerprint density at radius 1 is 1.19 bits per heavy atom. The molecule has 0 aromatic heterocycles. The van der Waals surface area contributed by atoms with Gasteiger partial charge in [-0.1, -0.05) is 19.1 Å². The Kier molecular flexibility index (Phi) is 5.93. The number of carbonyl (C=O) groups is 2. The lowest BCUT2D eigenvalue weighted by molar-refractivity contribution is -0.123. The van der Waals surface area contributed by atoms with E-state index in [1.165, 1.54) is 28.3 Å². The molecule has 0 aliphatic carbocycles. The SMILES string of the molecule is CCN1c2cc(C)c(/C=C3/SC(=O)N(Cc4ccc(F)cc4)C3=O)cc2C(C)CC1(C)C. The van der Waals surface area contributed by atoms with Gasteiger partial charge in [0.2, 0.25) is 0 Å². The summed E-state index contributed by atoms with van der Waals surface area (Å²) >= 11 is 0.965. The maximum absolute atomic E-state index is 13.2. The van der Waals surface area contributed by atoms with Gasteiger partial charge in [0.1, 0.15) is 5.82 Å². The Bertz CT molecular complexity index is 1110. The lowest BCUT2D eigenvalue weighted by Crippen LogP contribution is -2.48. The van der Waals surface area contributed by atoms with Gasteiger partial charge in [-0.25, -0.2) is 4.39 Å². The summed E-state index contributed by atoms with van der Waals surface area (Å²) in [4.78, 5) is 29.6. The van der Waals surface area contributed by atoms with E-state index in [-0.39, 0.29) is 29.0 Å². The summed E-state index contributed by atoms with van der Waals surface area (Å²) in [5, 5.41) is -0.298. The second-order valence-electron chi connectivity index (χ2n) is 9.32. The summed E-state index contributed by atoms with van der Waals surface area (Å²) in [6, 6.07) is 10.3. The minimum atomic E-state index is -0.343. The normalized spacial score (nSPS) is 21.4. The summed E-state index contributed by atoms with van der Waals surface area (Å²) in [6.07, 6.45) is 2.90. The Hall–Kier alpha value is -2.60. The van der Waals surface area contributed by atoms with E-state index in [2.05, 4.69) is 51.7 Å². The van der Waals surface area contributed by atoms with Crippen molar-refractivity contribution in [2.45, 2.75) is 59.0 Å². The molecular formula is C26H29FN2O2S. The molecule has 2 amide bonds. The zero-order valence-corrected chi connectivity index (χ0v) is 20.1. The third-order valence-electron chi connectivity index (χ3n) is 6.50. The third kappa shape index (κ3) is 4.08. The van der Waals surface area contributed by atoms with E-state index in [1.807, 2.05) is 6.08 Å². The number of anilines is 1. The predicted octanol–water partition coefficient (Wildman–Crippen LogP) is 6.48. The fourth-order valence-corrected chi connectivity index (χ4v) is 5.78.